The Morgan fingerprint density at radius 1 is 0.919 bits per heavy atom. The van der Waals surface area contributed by atoms with E-state index in [1.165, 1.54) is 4.90 Å². The summed E-state index contributed by atoms with van der Waals surface area (Å²) in [7, 11) is 0. The van der Waals surface area contributed by atoms with Crippen molar-refractivity contribution in [3.05, 3.63) is 70.9 Å². The average Bonchev–Trinajstić information content (AvgIpc) is 2.87. The highest BCUT2D eigenvalue weighted by molar-refractivity contribution is 6.00. The van der Waals surface area contributed by atoms with Crippen LogP contribution in [0.3, 0.4) is 0 Å². The van der Waals surface area contributed by atoms with Gasteiger partial charge in [-0.3, -0.25) is 4.90 Å². The molecule has 2 aromatic rings. The first-order valence-corrected chi connectivity index (χ1v) is 12.2. The monoisotopic (exact) mass is 508 g/mol. The molecule has 0 saturated carbocycles. The van der Waals surface area contributed by atoms with Crippen molar-refractivity contribution in [2.45, 2.75) is 40.2 Å². The van der Waals surface area contributed by atoms with E-state index in [0.717, 1.165) is 6.42 Å². The molecule has 3 rings (SSSR count). The molecule has 2 aromatic carbocycles. The number of benzene rings is 2. The van der Waals surface area contributed by atoms with E-state index in [9.17, 15) is 19.2 Å². The Morgan fingerprint density at radius 2 is 1.57 bits per heavy atom. The molecule has 1 heterocycles. The van der Waals surface area contributed by atoms with Gasteiger partial charge < -0.3 is 25.4 Å². The average molecular weight is 509 g/mol. The predicted octanol–water partition coefficient (Wildman–Crippen LogP) is 4.82. The minimum absolute atomic E-state index is 0.201. The number of carbonyl (C=O) groups excluding carboxylic acids is 4. The minimum Gasteiger partial charge on any atom is -0.463 e. The molecule has 1 aliphatic heterocycles. The smallest absolute Gasteiger partial charge is 0.338 e. The quantitative estimate of drug-likeness (QED) is 0.417. The van der Waals surface area contributed by atoms with Gasteiger partial charge in [0.15, 0.2) is 0 Å². The number of esters is 2. The van der Waals surface area contributed by atoms with Crippen LogP contribution >= 0.6 is 0 Å². The minimum atomic E-state index is -0.736. The first-order chi connectivity index (χ1) is 17.8. The summed E-state index contributed by atoms with van der Waals surface area (Å²) < 4.78 is 10.2. The molecule has 10 heteroatoms. The Hall–Kier alpha value is -4.34. The van der Waals surface area contributed by atoms with E-state index in [0.29, 0.717) is 40.3 Å². The number of hydrogen-bond donors (Lipinski definition) is 3. The Morgan fingerprint density at radius 3 is 2.22 bits per heavy atom. The van der Waals surface area contributed by atoms with E-state index < -0.39 is 24.0 Å². The van der Waals surface area contributed by atoms with Crippen LogP contribution in [0.25, 0.3) is 0 Å². The third-order valence-electron chi connectivity index (χ3n) is 5.67. The number of allylic oxidation sites excluding steroid dienone is 1. The molecule has 37 heavy (non-hydrogen) atoms. The highest BCUT2D eigenvalue weighted by Gasteiger charge is 2.36. The van der Waals surface area contributed by atoms with Crippen molar-refractivity contribution >= 4 is 35.4 Å². The summed E-state index contributed by atoms with van der Waals surface area (Å²) in [6.45, 7) is 8.08. The largest absolute Gasteiger partial charge is 0.463 e. The molecule has 0 fully saturated rings. The van der Waals surface area contributed by atoms with Gasteiger partial charge in [0, 0.05) is 23.6 Å². The molecule has 196 valence electrons. The lowest BCUT2D eigenvalue weighted by atomic mass is 9.94. The third-order valence-corrected chi connectivity index (χ3v) is 5.67. The van der Waals surface area contributed by atoms with Crippen molar-refractivity contribution in [2.75, 3.05) is 30.4 Å². The molecule has 1 unspecified atom stereocenters. The molecule has 1 atom stereocenters. The molecule has 0 bridgehead atoms. The fraction of sp³-hybridized carbons (Fsp3) is 0.333. The zero-order valence-corrected chi connectivity index (χ0v) is 21.4. The molecule has 0 spiro atoms. The number of carbonyl (C=O) groups is 4. The molecule has 0 aromatic heterocycles. The summed E-state index contributed by atoms with van der Waals surface area (Å²) in [5, 5.41) is 8.35. The third kappa shape index (κ3) is 6.66. The van der Waals surface area contributed by atoms with Gasteiger partial charge in [0.2, 0.25) is 0 Å². The molecule has 0 saturated heterocycles. The molecule has 3 N–H and O–H groups in total. The zero-order chi connectivity index (χ0) is 26.9. The number of nitrogens with zero attached hydrogens (tertiary/aromatic N) is 1. The number of urea groups is 2. The van der Waals surface area contributed by atoms with E-state index in [4.69, 9.17) is 9.47 Å². The van der Waals surface area contributed by atoms with E-state index in [1.807, 2.05) is 6.92 Å². The molecule has 10 nitrogen and oxygen atoms in total. The van der Waals surface area contributed by atoms with Crippen LogP contribution < -0.4 is 16.0 Å². The van der Waals surface area contributed by atoms with Gasteiger partial charge in [-0.1, -0.05) is 19.1 Å². The number of hydrogen-bond acceptors (Lipinski definition) is 6. The maximum absolute atomic E-state index is 12.9. The van der Waals surface area contributed by atoms with Crippen molar-refractivity contribution in [2.24, 2.45) is 0 Å². The summed E-state index contributed by atoms with van der Waals surface area (Å²) in [6, 6.07) is 11.7. The van der Waals surface area contributed by atoms with Gasteiger partial charge in [0.1, 0.15) is 0 Å². The lowest BCUT2D eigenvalue weighted by Crippen LogP contribution is -2.48. The van der Waals surface area contributed by atoms with Crippen LogP contribution in [0.4, 0.5) is 21.0 Å². The SMILES string of the molecule is CCCN1C(=O)NC(c2cccc(NC(=O)Nc3ccc(C(=O)OCC)cc3)c2)C(C(=O)OCC)=C1C. The van der Waals surface area contributed by atoms with Gasteiger partial charge >= 0.3 is 24.0 Å². The van der Waals surface area contributed by atoms with Crippen LogP contribution in [0.15, 0.2) is 59.8 Å². The number of ether oxygens (including phenoxy) is 2. The molecule has 0 radical (unpaired) electrons. The van der Waals surface area contributed by atoms with Crippen molar-refractivity contribution in [3.8, 4) is 0 Å². The van der Waals surface area contributed by atoms with Gasteiger partial charge in [0.25, 0.3) is 0 Å². The fourth-order valence-corrected chi connectivity index (χ4v) is 3.99. The Kier molecular flexibility index (Phi) is 9.26. The van der Waals surface area contributed by atoms with Crippen molar-refractivity contribution in [3.63, 3.8) is 0 Å². The van der Waals surface area contributed by atoms with Crippen molar-refractivity contribution < 1.29 is 28.7 Å². The molecular formula is C27H32N4O6. The van der Waals surface area contributed by atoms with Crippen LogP contribution in [-0.4, -0.2) is 48.7 Å². The van der Waals surface area contributed by atoms with Crippen LogP contribution in [-0.2, 0) is 14.3 Å². The second kappa shape index (κ2) is 12.6. The number of nitrogens with one attached hydrogen (secondary N) is 3. The number of anilines is 2. The summed E-state index contributed by atoms with van der Waals surface area (Å²) in [6.07, 6.45) is 0.728. The fourth-order valence-electron chi connectivity index (χ4n) is 3.99. The zero-order valence-electron chi connectivity index (χ0n) is 21.4. The normalized spacial score (nSPS) is 15.1. The molecule has 4 amide bonds. The highest BCUT2D eigenvalue weighted by atomic mass is 16.5. The lowest BCUT2D eigenvalue weighted by Gasteiger charge is -2.35. The van der Waals surface area contributed by atoms with E-state index >= 15 is 0 Å². The first-order valence-electron chi connectivity index (χ1n) is 12.2. The summed E-state index contributed by atoms with van der Waals surface area (Å²) in [4.78, 5) is 51.6. The van der Waals surface area contributed by atoms with Gasteiger partial charge in [-0.2, -0.15) is 0 Å². The highest BCUT2D eigenvalue weighted by Crippen LogP contribution is 2.32. The van der Waals surface area contributed by atoms with Gasteiger partial charge in [0.05, 0.1) is 30.4 Å². The lowest BCUT2D eigenvalue weighted by molar-refractivity contribution is -0.139. The standard InChI is InChI=1S/C27H32N4O6/c1-5-15-31-17(4)22(25(33)37-7-3)23(30-27(31)35)19-9-8-10-21(16-19)29-26(34)28-20-13-11-18(12-14-20)24(32)36-6-2/h8-14,16,23H,5-7,15H2,1-4H3,(H,30,35)(H2,28,29,34). The first kappa shape index (κ1) is 27.3. The molecule has 1 aliphatic rings. The van der Waals surface area contributed by atoms with E-state index in [1.54, 1.807) is 69.3 Å². The van der Waals surface area contributed by atoms with Crippen LogP contribution in [0.1, 0.15) is 56.1 Å². The van der Waals surface area contributed by atoms with E-state index in [2.05, 4.69) is 16.0 Å². The van der Waals surface area contributed by atoms with Crippen LogP contribution in [0, 0.1) is 0 Å². The predicted molar refractivity (Wildman–Crippen MR) is 139 cm³/mol. The second-order valence-corrected chi connectivity index (χ2v) is 8.26. The summed E-state index contributed by atoms with van der Waals surface area (Å²) in [5.41, 5.74) is 2.83. The van der Waals surface area contributed by atoms with Crippen LogP contribution in [0.2, 0.25) is 0 Å². The van der Waals surface area contributed by atoms with Gasteiger partial charge in [-0.05, 0) is 69.2 Å². The van der Waals surface area contributed by atoms with Crippen molar-refractivity contribution in [1.82, 2.24) is 10.2 Å². The Labute approximate surface area is 216 Å². The topological polar surface area (TPSA) is 126 Å². The summed E-state index contributed by atoms with van der Waals surface area (Å²) in [5.74, 6) is -0.942. The number of rotatable bonds is 9. The molecular weight excluding hydrogens is 476 g/mol. The molecule has 0 aliphatic carbocycles. The Balaban J connectivity index is 1.78. The second-order valence-electron chi connectivity index (χ2n) is 8.26. The van der Waals surface area contributed by atoms with Gasteiger partial charge in [-0.25, -0.2) is 19.2 Å². The maximum atomic E-state index is 12.9. The van der Waals surface area contributed by atoms with Crippen LogP contribution in [0.5, 0.6) is 0 Å². The van der Waals surface area contributed by atoms with E-state index in [-0.39, 0.29) is 19.2 Å². The summed E-state index contributed by atoms with van der Waals surface area (Å²) >= 11 is 0. The van der Waals surface area contributed by atoms with Crippen molar-refractivity contribution in [1.29, 1.82) is 0 Å². The number of amides is 4. The maximum Gasteiger partial charge on any atom is 0.338 e. The Bertz CT molecular complexity index is 1190. The van der Waals surface area contributed by atoms with Gasteiger partial charge in [-0.15, -0.1) is 0 Å².